The molecule has 152 valence electrons. The van der Waals surface area contributed by atoms with Crippen LogP contribution in [0.3, 0.4) is 0 Å². The molecular weight excluding hydrogens is 342 g/mol. The average molecular weight is 378 g/mol. The van der Waals surface area contributed by atoms with Crippen LogP contribution < -0.4 is 5.32 Å². The Balaban J connectivity index is 2.60. The van der Waals surface area contributed by atoms with Crippen molar-refractivity contribution in [1.82, 2.24) is 5.32 Å². The molecule has 1 rings (SSSR count). The van der Waals surface area contributed by atoms with E-state index in [1.54, 1.807) is 0 Å². The van der Waals surface area contributed by atoms with Crippen LogP contribution in [0, 0.1) is 5.41 Å². The van der Waals surface area contributed by atoms with Crippen LogP contribution in [-0.4, -0.2) is 30.7 Å². The number of hydrogen-bond donors (Lipinski definition) is 1. The molecule has 1 atom stereocenters. The normalized spacial score (nSPS) is 13.1. The number of nitrogens with one attached hydrogen (secondary N) is 1. The third-order valence-corrected chi connectivity index (χ3v) is 4.25. The third kappa shape index (κ3) is 9.57. The number of rotatable bonds is 8. The standard InChI is InChI=1S/C22H35NO4/c1-21(2,3)18(12-13-19(24)27-22(4,5)6)23-15-17-10-8-16(9-11-17)14-20(25)26-7/h8-11,18,23H,12-15H2,1-7H3/t18-/m1/s1. The second kappa shape index (κ2) is 9.88. The fraction of sp³-hybridized carbons (Fsp3) is 0.636. The molecule has 0 aliphatic rings. The third-order valence-electron chi connectivity index (χ3n) is 4.25. The van der Waals surface area contributed by atoms with Crippen LogP contribution in [0.5, 0.6) is 0 Å². The summed E-state index contributed by atoms with van der Waals surface area (Å²) in [7, 11) is 1.39. The fourth-order valence-electron chi connectivity index (χ4n) is 2.75. The quantitative estimate of drug-likeness (QED) is 0.693. The van der Waals surface area contributed by atoms with Gasteiger partial charge in [0.05, 0.1) is 13.5 Å². The highest BCUT2D eigenvalue weighted by atomic mass is 16.6. The molecule has 0 spiro atoms. The van der Waals surface area contributed by atoms with E-state index >= 15 is 0 Å². The van der Waals surface area contributed by atoms with Gasteiger partial charge in [-0.2, -0.15) is 0 Å². The molecule has 0 fully saturated rings. The van der Waals surface area contributed by atoms with Crippen molar-refractivity contribution in [2.24, 2.45) is 5.41 Å². The molecule has 0 radical (unpaired) electrons. The highest BCUT2D eigenvalue weighted by molar-refractivity contribution is 5.72. The number of hydrogen-bond acceptors (Lipinski definition) is 5. The van der Waals surface area contributed by atoms with E-state index in [9.17, 15) is 9.59 Å². The summed E-state index contributed by atoms with van der Waals surface area (Å²) in [6, 6.07) is 8.10. The van der Waals surface area contributed by atoms with Gasteiger partial charge >= 0.3 is 11.9 Å². The molecule has 1 aromatic rings. The van der Waals surface area contributed by atoms with E-state index < -0.39 is 5.60 Å². The minimum Gasteiger partial charge on any atom is -0.469 e. The number of benzene rings is 1. The molecule has 0 saturated carbocycles. The minimum absolute atomic E-state index is 0.0207. The summed E-state index contributed by atoms with van der Waals surface area (Å²) >= 11 is 0. The summed E-state index contributed by atoms with van der Waals surface area (Å²) in [4.78, 5) is 23.4. The molecule has 27 heavy (non-hydrogen) atoms. The smallest absolute Gasteiger partial charge is 0.309 e. The predicted octanol–water partition coefficient (Wildman–Crippen LogP) is 4.03. The molecule has 1 aromatic carbocycles. The van der Waals surface area contributed by atoms with E-state index in [2.05, 4.69) is 30.8 Å². The number of ether oxygens (including phenoxy) is 2. The van der Waals surface area contributed by atoms with Gasteiger partial charge in [0.15, 0.2) is 0 Å². The van der Waals surface area contributed by atoms with Crippen LogP contribution >= 0.6 is 0 Å². The first-order valence-electron chi connectivity index (χ1n) is 9.50. The summed E-state index contributed by atoms with van der Waals surface area (Å²) in [5, 5.41) is 3.57. The van der Waals surface area contributed by atoms with Crippen LogP contribution in [0.1, 0.15) is 65.5 Å². The van der Waals surface area contributed by atoms with E-state index in [4.69, 9.17) is 4.74 Å². The Labute approximate surface area is 163 Å². The largest absolute Gasteiger partial charge is 0.469 e. The number of carbonyl (C=O) groups excluding carboxylic acids is 2. The van der Waals surface area contributed by atoms with Crippen molar-refractivity contribution in [2.45, 2.75) is 79.0 Å². The van der Waals surface area contributed by atoms with E-state index in [0.717, 1.165) is 17.5 Å². The Bertz CT molecular complexity index is 609. The molecule has 0 aromatic heterocycles. The molecule has 0 unspecified atom stereocenters. The Morgan fingerprint density at radius 1 is 0.963 bits per heavy atom. The lowest BCUT2D eigenvalue weighted by molar-refractivity contribution is -0.155. The Morgan fingerprint density at radius 2 is 1.52 bits per heavy atom. The number of carbonyl (C=O) groups is 2. The molecule has 0 bridgehead atoms. The van der Waals surface area contributed by atoms with Gasteiger partial charge in [0, 0.05) is 19.0 Å². The summed E-state index contributed by atoms with van der Waals surface area (Å²) < 4.78 is 10.1. The van der Waals surface area contributed by atoms with Gasteiger partial charge in [-0.1, -0.05) is 45.0 Å². The molecular formula is C22H35NO4. The highest BCUT2D eigenvalue weighted by Gasteiger charge is 2.26. The molecule has 5 nitrogen and oxygen atoms in total. The Kier molecular flexibility index (Phi) is 8.48. The predicted molar refractivity (Wildman–Crippen MR) is 107 cm³/mol. The van der Waals surface area contributed by atoms with Crippen molar-refractivity contribution in [3.8, 4) is 0 Å². The first-order chi connectivity index (χ1) is 12.4. The monoisotopic (exact) mass is 377 g/mol. The summed E-state index contributed by atoms with van der Waals surface area (Å²) in [5.74, 6) is -0.401. The summed E-state index contributed by atoms with van der Waals surface area (Å²) in [5.41, 5.74) is 1.64. The van der Waals surface area contributed by atoms with Gasteiger partial charge in [0.25, 0.3) is 0 Å². The zero-order chi connectivity index (χ0) is 20.7. The molecule has 0 aliphatic carbocycles. The molecule has 1 N–H and O–H groups in total. The van der Waals surface area contributed by atoms with Crippen molar-refractivity contribution < 1.29 is 19.1 Å². The van der Waals surface area contributed by atoms with Crippen LogP contribution in [0.2, 0.25) is 0 Å². The molecule has 0 aliphatic heterocycles. The van der Waals surface area contributed by atoms with Gasteiger partial charge in [0.1, 0.15) is 5.60 Å². The first-order valence-corrected chi connectivity index (χ1v) is 9.50. The van der Waals surface area contributed by atoms with Gasteiger partial charge < -0.3 is 14.8 Å². The van der Waals surface area contributed by atoms with Gasteiger partial charge in [-0.05, 0) is 43.7 Å². The van der Waals surface area contributed by atoms with Crippen LogP contribution in [0.25, 0.3) is 0 Å². The van der Waals surface area contributed by atoms with Crippen molar-refractivity contribution in [2.75, 3.05) is 7.11 Å². The maximum atomic E-state index is 12.0. The van der Waals surface area contributed by atoms with Crippen molar-refractivity contribution in [3.63, 3.8) is 0 Å². The van der Waals surface area contributed by atoms with Gasteiger partial charge in [0.2, 0.25) is 0 Å². The molecule has 0 saturated heterocycles. The first kappa shape index (κ1) is 23.2. The van der Waals surface area contributed by atoms with E-state index in [1.165, 1.54) is 7.11 Å². The maximum absolute atomic E-state index is 12.0. The second-order valence-electron chi connectivity index (χ2n) is 8.99. The molecule has 5 heteroatoms. The Hall–Kier alpha value is -1.88. The Morgan fingerprint density at radius 3 is 2.00 bits per heavy atom. The van der Waals surface area contributed by atoms with Gasteiger partial charge in [-0.15, -0.1) is 0 Å². The van der Waals surface area contributed by atoms with Gasteiger partial charge in [-0.3, -0.25) is 9.59 Å². The second-order valence-corrected chi connectivity index (χ2v) is 8.99. The topological polar surface area (TPSA) is 64.6 Å². The van der Waals surface area contributed by atoms with Crippen molar-refractivity contribution in [1.29, 1.82) is 0 Å². The molecule has 0 amide bonds. The zero-order valence-corrected chi connectivity index (χ0v) is 17.8. The van der Waals surface area contributed by atoms with Crippen LogP contribution in [0.15, 0.2) is 24.3 Å². The highest BCUT2D eigenvalue weighted by Crippen LogP contribution is 2.24. The lowest BCUT2D eigenvalue weighted by Gasteiger charge is -2.32. The number of esters is 2. The van der Waals surface area contributed by atoms with Crippen LogP contribution in [-0.2, 0) is 32.0 Å². The average Bonchev–Trinajstić information content (AvgIpc) is 2.53. The summed E-state index contributed by atoms with van der Waals surface area (Å²) in [6.07, 6.45) is 1.40. The minimum atomic E-state index is -0.451. The van der Waals surface area contributed by atoms with E-state index in [0.29, 0.717) is 13.0 Å². The van der Waals surface area contributed by atoms with Crippen molar-refractivity contribution >= 4 is 11.9 Å². The maximum Gasteiger partial charge on any atom is 0.309 e. The number of methoxy groups -OCH3 is 1. The SMILES string of the molecule is COC(=O)Cc1ccc(CN[C@H](CCC(=O)OC(C)(C)C)C(C)(C)C)cc1. The van der Waals surface area contributed by atoms with Crippen LogP contribution in [0.4, 0.5) is 0 Å². The fourth-order valence-corrected chi connectivity index (χ4v) is 2.75. The molecule has 0 heterocycles. The van der Waals surface area contributed by atoms with E-state index in [-0.39, 0.29) is 29.8 Å². The van der Waals surface area contributed by atoms with E-state index in [1.807, 2.05) is 45.0 Å². The zero-order valence-electron chi connectivity index (χ0n) is 17.8. The van der Waals surface area contributed by atoms with Gasteiger partial charge in [-0.25, -0.2) is 0 Å². The lowest BCUT2D eigenvalue weighted by atomic mass is 9.84. The lowest BCUT2D eigenvalue weighted by Crippen LogP contribution is -2.40. The summed E-state index contributed by atoms with van der Waals surface area (Å²) in [6.45, 7) is 12.9. The van der Waals surface area contributed by atoms with Crippen molar-refractivity contribution in [3.05, 3.63) is 35.4 Å².